The topological polar surface area (TPSA) is 124 Å². The summed E-state index contributed by atoms with van der Waals surface area (Å²) in [6, 6.07) is 11.1. The summed E-state index contributed by atoms with van der Waals surface area (Å²) in [7, 11) is 0. The molecular weight excluding hydrogens is 444 g/mol. The van der Waals surface area contributed by atoms with Crippen molar-refractivity contribution in [1.82, 2.24) is 9.78 Å². The minimum atomic E-state index is -0.673. The van der Waals surface area contributed by atoms with Crippen LogP contribution < -0.4 is 5.32 Å². The van der Waals surface area contributed by atoms with E-state index in [2.05, 4.69) is 26.3 Å². The standard InChI is InChI=1S/C19H11BrN4O5/c20-13-8-23(22-19(13)24(28)29)9-15(25)21-14-7-3-6-12-16(14)18(27)11-5-2-1-4-10(11)17(12)26/h1-8H,9H2,(H,21,25). The minimum Gasteiger partial charge on any atom is -0.358 e. The summed E-state index contributed by atoms with van der Waals surface area (Å²) in [6.45, 7) is -0.311. The van der Waals surface area contributed by atoms with Crippen molar-refractivity contribution in [2.45, 2.75) is 6.54 Å². The number of benzene rings is 2. The highest BCUT2D eigenvalue weighted by atomic mass is 79.9. The van der Waals surface area contributed by atoms with Crippen molar-refractivity contribution in [3.05, 3.63) is 85.5 Å². The lowest BCUT2D eigenvalue weighted by molar-refractivity contribution is -0.390. The molecule has 0 bridgehead atoms. The van der Waals surface area contributed by atoms with Crippen LogP contribution in [0.15, 0.2) is 53.1 Å². The second-order valence-corrected chi connectivity index (χ2v) is 7.09. The van der Waals surface area contributed by atoms with E-state index in [0.29, 0.717) is 5.56 Å². The van der Waals surface area contributed by atoms with Crippen molar-refractivity contribution in [2.75, 3.05) is 5.32 Å². The second kappa shape index (κ2) is 7.06. The summed E-state index contributed by atoms with van der Waals surface area (Å²) in [5.41, 5.74) is 1.13. The Bertz CT molecular complexity index is 1220. The van der Waals surface area contributed by atoms with Crippen LogP contribution in [0, 0.1) is 10.1 Å². The van der Waals surface area contributed by atoms with Crippen LogP contribution in [0.5, 0.6) is 0 Å². The number of halogens is 1. The third-order valence-corrected chi connectivity index (χ3v) is 4.96. The highest BCUT2D eigenvalue weighted by Crippen LogP contribution is 2.32. The monoisotopic (exact) mass is 454 g/mol. The Labute approximate surface area is 171 Å². The largest absolute Gasteiger partial charge is 0.404 e. The molecule has 1 aliphatic rings. The van der Waals surface area contributed by atoms with Gasteiger partial charge in [0.25, 0.3) is 0 Å². The number of nitro groups is 1. The van der Waals surface area contributed by atoms with Crippen LogP contribution >= 0.6 is 15.9 Å². The van der Waals surface area contributed by atoms with E-state index in [1.807, 2.05) is 0 Å². The molecule has 1 aromatic heterocycles. The normalized spacial score (nSPS) is 12.3. The van der Waals surface area contributed by atoms with Crippen LogP contribution in [0.25, 0.3) is 0 Å². The molecule has 0 atom stereocenters. The number of fused-ring (bicyclic) bond motifs is 2. The SMILES string of the molecule is O=C(Cn1cc(Br)c([N+](=O)[O-])n1)Nc1cccc2c1C(=O)c1ccccc1C2=O. The molecule has 1 N–H and O–H groups in total. The smallest absolute Gasteiger partial charge is 0.358 e. The Morgan fingerprint density at radius 2 is 1.72 bits per heavy atom. The number of carbonyl (C=O) groups is 3. The summed E-state index contributed by atoms with van der Waals surface area (Å²) in [5, 5.41) is 17.2. The number of carbonyl (C=O) groups excluding carboxylic acids is 3. The van der Waals surface area contributed by atoms with Crippen molar-refractivity contribution in [3.8, 4) is 0 Å². The van der Waals surface area contributed by atoms with Crippen molar-refractivity contribution in [1.29, 1.82) is 0 Å². The van der Waals surface area contributed by atoms with E-state index < -0.39 is 16.6 Å². The number of nitrogens with zero attached hydrogens (tertiary/aromatic N) is 3. The van der Waals surface area contributed by atoms with Crippen LogP contribution in [0.2, 0.25) is 0 Å². The van der Waals surface area contributed by atoms with E-state index in [1.54, 1.807) is 30.3 Å². The summed E-state index contributed by atoms with van der Waals surface area (Å²) in [4.78, 5) is 48.3. The zero-order valence-corrected chi connectivity index (χ0v) is 16.2. The minimum absolute atomic E-state index is 0.122. The summed E-state index contributed by atoms with van der Waals surface area (Å²) < 4.78 is 1.25. The fourth-order valence-corrected chi connectivity index (χ4v) is 3.64. The van der Waals surface area contributed by atoms with Gasteiger partial charge in [-0.3, -0.25) is 14.4 Å². The molecule has 0 fully saturated rings. The lowest BCUT2D eigenvalue weighted by atomic mass is 9.83. The average Bonchev–Trinajstić information content (AvgIpc) is 3.06. The average molecular weight is 455 g/mol. The van der Waals surface area contributed by atoms with E-state index in [9.17, 15) is 24.5 Å². The van der Waals surface area contributed by atoms with Crippen molar-refractivity contribution in [2.24, 2.45) is 0 Å². The molecule has 1 aliphatic carbocycles. The highest BCUT2D eigenvalue weighted by Gasteiger charge is 2.31. The Kier molecular flexibility index (Phi) is 4.55. The molecule has 2 aromatic carbocycles. The number of hydrogen-bond donors (Lipinski definition) is 1. The first-order chi connectivity index (χ1) is 13.9. The molecule has 1 heterocycles. The van der Waals surface area contributed by atoms with Gasteiger partial charge in [0.15, 0.2) is 11.6 Å². The number of ketones is 2. The number of hydrogen-bond acceptors (Lipinski definition) is 6. The maximum absolute atomic E-state index is 12.9. The third-order valence-electron chi connectivity index (χ3n) is 4.40. The molecule has 0 radical (unpaired) electrons. The van der Waals surface area contributed by atoms with E-state index in [4.69, 9.17) is 0 Å². The molecular formula is C19H11BrN4O5. The van der Waals surface area contributed by atoms with E-state index >= 15 is 0 Å². The van der Waals surface area contributed by atoms with Crippen LogP contribution in [0.4, 0.5) is 11.5 Å². The van der Waals surface area contributed by atoms with Gasteiger partial charge < -0.3 is 15.4 Å². The predicted octanol–water partition coefficient (Wildman–Crippen LogP) is 2.97. The third kappa shape index (κ3) is 3.23. The first-order valence-corrected chi connectivity index (χ1v) is 9.14. The van der Waals surface area contributed by atoms with Gasteiger partial charge in [-0.15, -0.1) is 0 Å². The Balaban J connectivity index is 1.63. The van der Waals surface area contributed by atoms with E-state index in [0.717, 1.165) is 4.68 Å². The van der Waals surface area contributed by atoms with Gasteiger partial charge in [-0.05, 0) is 26.9 Å². The molecule has 0 aliphatic heterocycles. The molecule has 4 rings (SSSR count). The Morgan fingerprint density at radius 3 is 2.38 bits per heavy atom. The summed E-state index contributed by atoms with van der Waals surface area (Å²) in [6.07, 6.45) is 1.31. The number of nitrogens with one attached hydrogen (secondary N) is 1. The molecule has 0 spiro atoms. The van der Waals surface area contributed by atoms with Gasteiger partial charge in [0, 0.05) is 16.7 Å². The van der Waals surface area contributed by atoms with Gasteiger partial charge in [0.05, 0.1) is 22.5 Å². The van der Waals surface area contributed by atoms with Gasteiger partial charge in [-0.25, -0.2) is 0 Å². The first kappa shape index (κ1) is 18.7. The molecule has 0 saturated carbocycles. The maximum atomic E-state index is 12.9. The Morgan fingerprint density at radius 1 is 1.07 bits per heavy atom. The molecule has 29 heavy (non-hydrogen) atoms. The zero-order chi connectivity index (χ0) is 20.7. The quantitative estimate of drug-likeness (QED) is 0.373. The number of aromatic nitrogens is 2. The lowest BCUT2D eigenvalue weighted by Gasteiger charge is -2.20. The van der Waals surface area contributed by atoms with E-state index in [1.165, 1.54) is 18.3 Å². The van der Waals surface area contributed by atoms with Crippen LogP contribution in [-0.2, 0) is 11.3 Å². The number of amides is 1. The van der Waals surface area contributed by atoms with Crippen LogP contribution in [0.3, 0.4) is 0 Å². The molecule has 0 unspecified atom stereocenters. The Hall–Kier alpha value is -3.66. The van der Waals surface area contributed by atoms with Crippen LogP contribution in [0.1, 0.15) is 31.8 Å². The molecule has 9 nitrogen and oxygen atoms in total. The van der Waals surface area contributed by atoms with Gasteiger partial charge in [-0.2, -0.15) is 4.68 Å². The number of rotatable bonds is 4. The van der Waals surface area contributed by atoms with Crippen molar-refractivity contribution in [3.63, 3.8) is 0 Å². The maximum Gasteiger partial charge on any atom is 0.404 e. The van der Waals surface area contributed by atoms with Gasteiger partial charge >= 0.3 is 5.82 Å². The lowest BCUT2D eigenvalue weighted by Crippen LogP contribution is -2.25. The first-order valence-electron chi connectivity index (χ1n) is 8.35. The predicted molar refractivity (Wildman–Crippen MR) is 105 cm³/mol. The second-order valence-electron chi connectivity index (χ2n) is 6.24. The van der Waals surface area contributed by atoms with E-state index in [-0.39, 0.29) is 45.0 Å². The summed E-state index contributed by atoms with van der Waals surface area (Å²) in [5.74, 6) is -1.61. The van der Waals surface area contributed by atoms with Gasteiger partial charge in [0.1, 0.15) is 11.0 Å². The van der Waals surface area contributed by atoms with Crippen molar-refractivity contribution >= 4 is 44.9 Å². The van der Waals surface area contributed by atoms with Gasteiger partial charge in [0.2, 0.25) is 5.91 Å². The van der Waals surface area contributed by atoms with Crippen molar-refractivity contribution < 1.29 is 19.3 Å². The molecule has 0 saturated heterocycles. The van der Waals surface area contributed by atoms with Crippen LogP contribution in [-0.4, -0.2) is 32.2 Å². The molecule has 10 heteroatoms. The summed E-state index contributed by atoms with van der Waals surface area (Å²) >= 11 is 3.01. The fraction of sp³-hybridized carbons (Fsp3) is 0.0526. The number of anilines is 1. The van der Waals surface area contributed by atoms with Gasteiger partial charge in [-0.1, -0.05) is 36.4 Å². The fourth-order valence-electron chi connectivity index (χ4n) is 3.18. The zero-order valence-electron chi connectivity index (χ0n) is 14.6. The highest BCUT2D eigenvalue weighted by molar-refractivity contribution is 9.10. The molecule has 3 aromatic rings. The molecule has 1 amide bonds. The molecule has 144 valence electrons.